The number of nitrogens with zero attached hydrogens (tertiary/aromatic N) is 5. The van der Waals surface area contributed by atoms with Crippen LogP contribution in [-0.2, 0) is 13.2 Å². The summed E-state index contributed by atoms with van der Waals surface area (Å²) in [4.78, 5) is 9.04. The molecule has 0 spiro atoms. The normalized spacial score (nSPS) is 16.0. The fourth-order valence-corrected chi connectivity index (χ4v) is 3.88. The van der Waals surface area contributed by atoms with Gasteiger partial charge in [0.05, 0.1) is 6.67 Å². The van der Waals surface area contributed by atoms with Crippen LogP contribution in [0, 0.1) is 24.5 Å². The second-order valence-corrected chi connectivity index (χ2v) is 7.70. The second kappa shape index (κ2) is 7.70. The van der Waals surface area contributed by atoms with Crippen molar-refractivity contribution < 1.29 is 0 Å². The molecule has 0 saturated carbocycles. The third kappa shape index (κ3) is 3.96. The van der Waals surface area contributed by atoms with E-state index in [0.29, 0.717) is 5.92 Å². The zero-order chi connectivity index (χ0) is 18.0. The van der Waals surface area contributed by atoms with E-state index in [9.17, 15) is 0 Å². The van der Waals surface area contributed by atoms with Crippen LogP contribution in [0.1, 0.15) is 25.2 Å². The predicted molar refractivity (Wildman–Crippen MR) is 106 cm³/mol. The van der Waals surface area contributed by atoms with Crippen LogP contribution in [0.5, 0.6) is 0 Å². The van der Waals surface area contributed by atoms with E-state index in [1.54, 1.807) is 0 Å². The van der Waals surface area contributed by atoms with Crippen LogP contribution in [0.4, 0.5) is 5.69 Å². The lowest BCUT2D eigenvalue weighted by Gasteiger charge is -2.36. The van der Waals surface area contributed by atoms with E-state index in [-0.39, 0.29) is 0 Å². The van der Waals surface area contributed by atoms with Crippen molar-refractivity contribution >= 4 is 17.9 Å². The molecule has 0 aromatic carbocycles. The molecule has 0 atom stereocenters. The van der Waals surface area contributed by atoms with E-state index >= 15 is 0 Å². The van der Waals surface area contributed by atoms with Crippen molar-refractivity contribution in [3.63, 3.8) is 0 Å². The summed E-state index contributed by atoms with van der Waals surface area (Å²) in [5.74, 6) is 0.601. The largest absolute Gasteiger partial charge is 0.369 e. The summed E-state index contributed by atoms with van der Waals surface area (Å²) in [6.45, 7) is 14.9. The van der Waals surface area contributed by atoms with Crippen molar-refractivity contribution in [2.24, 2.45) is 5.92 Å². The number of imidazole rings is 1. The van der Waals surface area contributed by atoms with Gasteiger partial charge >= 0.3 is 0 Å². The molecule has 5 nitrogen and oxygen atoms in total. The van der Waals surface area contributed by atoms with Crippen molar-refractivity contribution in [3.8, 4) is 0 Å². The molecule has 1 aliphatic rings. The Morgan fingerprint density at radius 2 is 1.60 bits per heavy atom. The first-order valence-electron chi connectivity index (χ1n) is 9.11. The monoisotopic (exact) mass is 359 g/mol. The van der Waals surface area contributed by atoms with Gasteiger partial charge < -0.3 is 14.0 Å². The number of anilines is 1. The Bertz CT molecular complexity index is 754. The first kappa shape index (κ1) is 18.1. The molecule has 2 aromatic rings. The molecule has 25 heavy (non-hydrogen) atoms. The molecule has 0 amide bonds. The smallest absolute Gasteiger partial charge is 0.181 e. The SMILES string of the molecule is Cc1c(C)n(CN2CCN(c3ccncc3)CC2)c(=S)n1CC(C)C. The van der Waals surface area contributed by atoms with Crippen molar-refractivity contribution in [1.29, 1.82) is 0 Å². The van der Waals surface area contributed by atoms with Crippen LogP contribution in [0.25, 0.3) is 0 Å². The number of piperazine rings is 1. The first-order valence-corrected chi connectivity index (χ1v) is 9.52. The van der Waals surface area contributed by atoms with Gasteiger partial charge in [-0.15, -0.1) is 0 Å². The molecule has 136 valence electrons. The van der Waals surface area contributed by atoms with E-state index in [0.717, 1.165) is 44.2 Å². The molecule has 0 radical (unpaired) electrons. The van der Waals surface area contributed by atoms with Gasteiger partial charge in [-0.3, -0.25) is 9.88 Å². The number of rotatable bonds is 5. The average Bonchev–Trinajstić information content (AvgIpc) is 2.81. The van der Waals surface area contributed by atoms with Gasteiger partial charge in [0.15, 0.2) is 4.77 Å². The molecule has 3 rings (SSSR count). The maximum absolute atomic E-state index is 5.77. The first-order chi connectivity index (χ1) is 12.0. The molecule has 2 aromatic heterocycles. The maximum Gasteiger partial charge on any atom is 0.181 e. The fourth-order valence-electron chi connectivity index (χ4n) is 3.47. The van der Waals surface area contributed by atoms with Crippen LogP contribution in [0.2, 0.25) is 0 Å². The van der Waals surface area contributed by atoms with Gasteiger partial charge in [-0.2, -0.15) is 0 Å². The highest BCUT2D eigenvalue weighted by Gasteiger charge is 2.19. The minimum atomic E-state index is 0.601. The zero-order valence-corrected chi connectivity index (χ0v) is 16.6. The Balaban J connectivity index is 1.67. The van der Waals surface area contributed by atoms with Gasteiger partial charge in [0.1, 0.15) is 0 Å². The summed E-state index contributed by atoms with van der Waals surface area (Å²) in [5.41, 5.74) is 3.86. The van der Waals surface area contributed by atoms with Gasteiger partial charge in [-0.05, 0) is 44.1 Å². The van der Waals surface area contributed by atoms with Crippen LogP contribution in [0.3, 0.4) is 0 Å². The molecule has 0 aliphatic carbocycles. The van der Waals surface area contributed by atoms with Crippen LogP contribution in [-0.4, -0.2) is 45.2 Å². The molecule has 0 bridgehead atoms. The van der Waals surface area contributed by atoms with Crippen LogP contribution < -0.4 is 4.90 Å². The Morgan fingerprint density at radius 1 is 1.00 bits per heavy atom. The molecular weight excluding hydrogens is 330 g/mol. The van der Waals surface area contributed by atoms with E-state index in [1.165, 1.54) is 17.1 Å². The Hall–Kier alpha value is -1.66. The highest BCUT2D eigenvalue weighted by molar-refractivity contribution is 7.71. The Morgan fingerprint density at radius 3 is 2.20 bits per heavy atom. The van der Waals surface area contributed by atoms with Gasteiger partial charge in [0.25, 0.3) is 0 Å². The number of hydrogen-bond acceptors (Lipinski definition) is 4. The lowest BCUT2D eigenvalue weighted by Crippen LogP contribution is -2.46. The summed E-state index contributed by atoms with van der Waals surface area (Å²) >= 11 is 5.77. The van der Waals surface area contributed by atoms with E-state index < -0.39 is 0 Å². The van der Waals surface area contributed by atoms with E-state index in [4.69, 9.17) is 12.2 Å². The minimum absolute atomic E-state index is 0.601. The third-order valence-corrected chi connectivity index (χ3v) is 5.53. The lowest BCUT2D eigenvalue weighted by molar-refractivity contribution is 0.202. The maximum atomic E-state index is 5.77. The average molecular weight is 360 g/mol. The molecule has 0 N–H and O–H groups in total. The van der Waals surface area contributed by atoms with Gasteiger partial charge in [-0.1, -0.05) is 13.8 Å². The van der Waals surface area contributed by atoms with E-state index in [1.807, 2.05) is 12.4 Å². The molecule has 1 aliphatic heterocycles. The third-order valence-electron chi connectivity index (χ3n) is 5.08. The number of pyridine rings is 1. The van der Waals surface area contributed by atoms with Gasteiger partial charge in [0, 0.05) is 62.2 Å². The summed E-state index contributed by atoms with van der Waals surface area (Å²) in [6.07, 6.45) is 3.73. The quantitative estimate of drug-likeness (QED) is 0.765. The Kier molecular flexibility index (Phi) is 5.59. The van der Waals surface area contributed by atoms with Crippen molar-refractivity contribution in [2.45, 2.75) is 40.9 Å². The zero-order valence-electron chi connectivity index (χ0n) is 15.8. The molecule has 1 saturated heterocycles. The predicted octanol–water partition coefficient (Wildman–Crippen LogP) is 3.47. The van der Waals surface area contributed by atoms with Gasteiger partial charge in [-0.25, -0.2) is 0 Å². The summed E-state index contributed by atoms with van der Waals surface area (Å²) in [5, 5.41) is 0. The molecule has 0 unspecified atom stereocenters. The summed E-state index contributed by atoms with van der Waals surface area (Å²) < 4.78 is 5.55. The summed E-state index contributed by atoms with van der Waals surface area (Å²) in [6, 6.07) is 4.18. The van der Waals surface area contributed by atoms with Crippen molar-refractivity contribution in [1.82, 2.24) is 19.0 Å². The topological polar surface area (TPSA) is 29.2 Å². The lowest BCUT2D eigenvalue weighted by atomic mass is 10.2. The number of aromatic nitrogens is 3. The number of hydrogen-bond donors (Lipinski definition) is 0. The highest BCUT2D eigenvalue weighted by Crippen LogP contribution is 2.18. The van der Waals surface area contributed by atoms with Crippen molar-refractivity contribution in [3.05, 3.63) is 40.7 Å². The standard InChI is InChI=1S/C19H29N5S/c1-15(2)13-23-16(3)17(4)24(19(23)25)14-21-9-11-22(12-10-21)18-5-7-20-8-6-18/h5-8,15H,9-14H2,1-4H3. The second-order valence-electron chi connectivity index (χ2n) is 7.34. The molecule has 1 fully saturated rings. The molecular formula is C19H29N5S. The molecule has 6 heteroatoms. The summed E-state index contributed by atoms with van der Waals surface area (Å²) in [7, 11) is 0. The van der Waals surface area contributed by atoms with Crippen molar-refractivity contribution in [2.75, 3.05) is 31.1 Å². The fraction of sp³-hybridized carbons (Fsp3) is 0.579. The minimum Gasteiger partial charge on any atom is -0.369 e. The van der Waals surface area contributed by atoms with Gasteiger partial charge in [0.2, 0.25) is 0 Å². The highest BCUT2D eigenvalue weighted by atomic mass is 32.1. The molecule has 3 heterocycles. The van der Waals surface area contributed by atoms with Crippen LogP contribution in [0.15, 0.2) is 24.5 Å². The van der Waals surface area contributed by atoms with Crippen LogP contribution >= 0.6 is 12.2 Å². The van der Waals surface area contributed by atoms with E-state index in [2.05, 4.69) is 63.7 Å². The Labute approximate surface area is 155 Å².